The van der Waals surface area contributed by atoms with Crippen LogP contribution in [0.1, 0.15) is 23.2 Å². The van der Waals surface area contributed by atoms with E-state index >= 15 is 0 Å². The number of benzene rings is 3. The third-order valence-corrected chi connectivity index (χ3v) is 7.10. The van der Waals surface area contributed by atoms with E-state index in [4.69, 9.17) is 4.74 Å². The molecule has 2 aliphatic heterocycles. The number of amides is 2. The first kappa shape index (κ1) is 22.3. The van der Waals surface area contributed by atoms with Crippen molar-refractivity contribution in [1.82, 2.24) is 9.80 Å². The van der Waals surface area contributed by atoms with Crippen LogP contribution in [0.25, 0.3) is 10.8 Å². The number of carbonyl (C=O) groups excluding carboxylic acids is 2. The minimum absolute atomic E-state index is 0.0234. The molecule has 2 fully saturated rings. The fourth-order valence-corrected chi connectivity index (χ4v) is 5.26. The molecule has 6 heteroatoms. The highest BCUT2D eigenvalue weighted by atomic mass is 16.5. The molecule has 0 spiro atoms. The molecule has 5 rings (SSSR count). The summed E-state index contributed by atoms with van der Waals surface area (Å²) in [6, 6.07) is 21.8. The fraction of sp³-hybridized carbons (Fsp3) is 0.357. The third-order valence-electron chi connectivity index (χ3n) is 7.10. The highest BCUT2D eigenvalue weighted by Crippen LogP contribution is 2.29. The van der Waals surface area contributed by atoms with Gasteiger partial charge in [-0.25, -0.2) is 0 Å². The number of hydrogen-bond donors (Lipinski definition) is 0. The van der Waals surface area contributed by atoms with Crippen LogP contribution in [-0.4, -0.2) is 68.0 Å². The Bertz CT molecular complexity index is 1180. The third kappa shape index (κ3) is 4.32. The molecular formula is C28H31N3O3. The number of fused-ring (bicyclic) bond motifs is 1. The monoisotopic (exact) mass is 457 g/mol. The lowest BCUT2D eigenvalue weighted by Crippen LogP contribution is -2.53. The summed E-state index contributed by atoms with van der Waals surface area (Å²) in [5, 5.41) is 2.03. The number of methoxy groups -OCH3 is 1. The van der Waals surface area contributed by atoms with Crippen LogP contribution in [0.3, 0.4) is 0 Å². The van der Waals surface area contributed by atoms with Crippen LogP contribution in [-0.2, 0) is 4.79 Å². The van der Waals surface area contributed by atoms with Gasteiger partial charge in [-0.2, -0.15) is 0 Å². The van der Waals surface area contributed by atoms with Gasteiger partial charge < -0.3 is 19.4 Å². The van der Waals surface area contributed by atoms with Gasteiger partial charge in [0.2, 0.25) is 5.91 Å². The number of rotatable bonds is 4. The highest BCUT2D eigenvalue weighted by Gasteiger charge is 2.33. The smallest absolute Gasteiger partial charge is 0.254 e. The van der Waals surface area contributed by atoms with Crippen LogP contribution < -0.4 is 9.64 Å². The molecule has 0 N–H and O–H groups in total. The van der Waals surface area contributed by atoms with Crippen LogP contribution >= 0.6 is 0 Å². The largest absolute Gasteiger partial charge is 0.495 e. The normalized spacial score (nSPS) is 18.7. The first-order valence-electron chi connectivity index (χ1n) is 12.1. The van der Waals surface area contributed by atoms with E-state index in [0.717, 1.165) is 53.7 Å². The number of likely N-dealkylation sites (tertiary alicyclic amines) is 1. The predicted molar refractivity (Wildman–Crippen MR) is 134 cm³/mol. The Kier molecular flexibility index (Phi) is 6.39. The minimum atomic E-state index is -0.134. The number of piperidine rings is 1. The van der Waals surface area contributed by atoms with Crippen molar-refractivity contribution in [3.63, 3.8) is 0 Å². The molecule has 3 aromatic carbocycles. The molecule has 3 aromatic rings. The molecule has 2 saturated heterocycles. The van der Waals surface area contributed by atoms with Crippen molar-refractivity contribution >= 4 is 28.3 Å². The van der Waals surface area contributed by atoms with Gasteiger partial charge in [-0.1, -0.05) is 48.5 Å². The molecule has 0 aromatic heterocycles. The van der Waals surface area contributed by atoms with Crippen LogP contribution in [0, 0.1) is 5.92 Å². The van der Waals surface area contributed by atoms with E-state index in [-0.39, 0.29) is 17.7 Å². The van der Waals surface area contributed by atoms with Crippen molar-refractivity contribution < 1.29 is 14.3 Å². The van der Waals surface area contributed by atoms with Crippen LogP contribution in [0.4, 0.5) is 5.69 Å². The molecule has 0 aliphatic carbocycles. The summed E-state index contributed by atoms with van der Waals surface area (Å²) >= 11 is 0. The van der Waals surface area contributed by atoms with Crippen LogP contribution in [0.15, 0.2) is 66.7 Å². The Morgan fingerprint density at radius 2 is 1.56 bits per heavy atom. The quantitative estimate of drug-likeness (QED) is 0.593. The Morgan fingerprint density at radius 3 is 2.38 bits per heavy atom. The van der Waals surface area contributed by atoms with Crippen molar-refractivity contribution in [2.45, 2.75) is 12.8 Å². The maximum atomic E-state index is 13.4. The molecule has 34 heavy (non-hydrogen) atoms. The number of hydrogen-bond acceptors (Lipinski definition) is 4. The zero-order valence-corrected chi connectivity index (χ0v) is 19.7. The second kappa shape index (κ2) is 9.75. The van der Waals surface area contributed by atoms with Crippen molar-refractivity contribution in [2.75, 3.05) is 51.3 Å². The highest BCUT2D eigenvalue weighted by molar-refractivity contribution is 6.07. The zero-order valence-electron chi connectivity index (χ0n) is 19.7. The average Bonchev–Trinajstić information content (AvgIpc) is 2.92. The molecule has 2 aliphatic rings. The van der Waals surface area contributed by atoms with Crippen molar-refractivity contribution in [3.8, 4) is 5.75 Å². The molecule has 2 amide bonds. The van der Waals surface area contributed by atoms with Gasteiger partial charge in [-0.05, 0) is 41.8 Å². The fourth-order valence-electron chi connectivity index (χ4n) is 5.26. The van der Waals surface area contributed by atoms with E-state index in [1.54, 1.807) is 7.11 Å². The summed E-state index contributed by atoms with van der Waals surface area (Å²) in [7, 11) is 1.69. The van der Waals surface area contributed by atoms with E-state index in [0.29, 0.717) is 26.2 Å². The molecule has 0 bridgehead atoms. The van der Waals surface area contributed by atoms with Crippen LogP contribution in [0.5, 0.6) is 5.75 Å². The van der Waals surface area contributed by atoms with E-state index in [9.17, 15) is 9.59 Å². The van der Waals surface area contributed by atoms with Gasteiger partial charge in [0.05, 0.1) is 18.7 Å². The summed E-state index contributed by atoms with van der Waals surface area (Å²) in [5.41, 5.74) is 1.79. The second-order valence-electron chi connectivity index (χ2n) is 9.10. The average molecular weight is 458 g/mol. The standard InChI is InChI=1S/C28H31N3O3/c1-34-26-14-5-4-13-25(26)29-16-18-30(19-17-29)27(32)22-10-7-15-31(20-22)28(33)24-12-6-9-21-8-2-3-11-23(21)24/h2-6,8-9,11-14,22H,7,10,15-20H2,1H3. The number of piperazine rings is 1. The molecule has 1 atom stereocenters. The maximum absolute atomic E-state index is 13.4. The summed E-state index contributed by atoms with van der Waals surface area (Å²) in [5.74, 6) is 0.924. The molecule has 176 valence electrons. The van der Waals surface area contributed by atoms with Crippen molar-refractivity contribution in [2.24, 2.45) is 5.92 Å². The molecule has 2 heterocycles. The van der Waals surface area contributed by atoms with E-state index in [2.05, 4.69) is 11.0 Å². The Balaban J connectivity index is 1.24. The summed E-state index contributed by atoms with van der Waals surface area (Å²) in [6.45, 7) is 4.12. The van der Waals surface area contributed by atoms with Crippen molar-refractivity contribution in [1.29, 1.82) is 0 Å². The van der Waals surface area contributed by atoms with Gasteiger partial charge >= 0.3 is 0 Å². The van der Waals surface area contributed by atoms with Gasteiger partial charge in [0.15, 0.2) is 0 Å². The summed E-state index contributed by atoms with van der Waals surface area (Å²) < 4.78 is 5.51. The molecule has 0 saturated carbocycles. The van der Waals surface area contributed by atoms with Crippen molar-refractivity contribution in [3.05, 3.63) is 72.3 Å². The zero-order chi connectivity index (χ0) is 23.5. The lowest BCUT2D eigenvalue weighted by atomic mass is 9.95. The number of ether oxygens (including phenoxy) is 1. The van der Waals surface area contributed by atoms with Crippen LogP contribution in [0.2, 0.25) is 0 Å². The molecule has 6 nitrogen and oxygen atoms in total. The summed E-state index contributed by atoms with van der Waals surface area (Å²) in [4.78, 5) is 32.9. The molecule has 0 radical (unpaired) electrons. The number of para-hydroxylation sites is 2. The van der Waals surface area contributed by atoms with E-state index in [1.807, 2.05) is 70.5 Å². The number of carbonyl (C=O) groups is 2. The molecular weight excluding hydrogens is 426 g/mol. The van der Waals surface area contributed by atoms with Gasteiger partial charge in [0.1, 0.15) is 5.75 Å². The predicted octanol–water partition coefficient (Wildman–Crippen LogP) is 4.05. The van der Waals surface area contributed by atoms with E-state index < -0.39 is 0 Å². The number of nitrogens with zero attached hydrogens (tertiary/aromatic N) is 3. The first-order valence-corrected chi connectivity index (χ1v) is 12.1. The minimum Gasteiger partial charge on any atom is -0.495 e. The Labute approximate surface area is 200 Å². The van der Waals surface area contributed by atoms with Gasteiger partial charge in [-0.3, -0.25) is 9.59 Å². The number of anilines is 1. The maximum Gasteiger partial charge on any atom is 0.254 e. The Morgan fingerprint density at radius 1 is 0.824 bits per heavy atom. The molecule has 1 unspecified atom stereocenters. The van der Waals surface area contributed by atoms with Gasteiger partial charge in [-0.15, -0.1) is 0 Å². The topological polar surface area (TPSA) is 53.1 Å². The van der Waals surface area contributed by atoms with Gasteiger partial charge in [0.25, 0.3) is 5.91 Å². The second-order valence-corrected chi connectivity index (χ2v) is 9.10. The summed E-state index contributed by atoms with van der Waals surface area (Å²) in [6.07, 6.45) is 1.69. The Hall–Kier alpha value is -3.54. The van der Waals surface area contributed by atoms with Gasteiger partial charge in [0, 0.05) is 44.8 Å². The first-order chi connectivity index (χ1) is 16.7. The SMILES string of the molecule is COc1ccccc1N1CCN(C(=O)C2CCCN(C(=O)c3cccc4ccccc34)C2)CC1. The lowest BCUT2D eigenvalue weighted by Gasteiger charge is -2.40. The lowest BCUT2D eigenvalue weighted by molar-refractivity contribution is -0.137. The van der Waals surface area contributed by atoms with E-state index in [1.165, 1.54) is 0 Å².